The monoisotopic (exact) mass is 267 g/mol. The fourth-order valence-electron chi connectivity index (χ4n) is 2.11. The fourth-order valence-corrected chi connectivity index (χ4v) is 3.30. The van der Waals surface area contributed by atoms with Gasteiger partial charge in [0.2, 0.25) is 0 Å². The summed E-state index contributed by atoms with van der Waals surface area (Å²) >= 11 is 1.88. The Bertz CT molecular complexity index is 371. The molecule has 0 atom stereocenters. The Morgan fingerprint density at radius 1 is 1.33 bits per heavy atom. The van der Waals surface area contributed by atoms with Crippen molar-refractivity contribution >= 4 is 16.5 Å². The number of aryl methyl sites for hydroxylation is 1. The lowest BCUT2D eigenvalue weighted by atomic mass is 10.3. The fraction of sp³-hybridized carbons (Fsp3) is 0.786. The molecule has 0 saturated heterocycles. The van der Waals surface area contributed by atoms with E-state index in [2.05, 4.69) is 31.0 Å². The highest BCUT2D eigenvalue weighted by molar-refractivity contribution is 7.15. The molecule has 0 amide bonds. The van der Waals surface area contributed by atoms with Crippen molar-refractivity contribution in [3.05, 3.63) is 10.6 Å². The van der Waals surface area contributed by atoms with Gasteiger partial charge in [0.1, 0.15) is 0 Å². The number of rotatable bonds is 8. The molecule has 0 aromatic carbocycles. The van der Waals surface area contributed by atoms with Crippen molar-refractivity contribution in [1.29, 1.82) is 0 Å². The third-order valence-electron chi connectivity index (χ3n) is 3.47. The van der Waals surface area contributed by atoms with Crippen LogP contribution in [0.5, 0.6) is 0 Å². The van der Waals surface area contributed by atoms with Crippen LogP contribution in [0.15, 0.2) is 0 Å². The molecule has 2 rings (SSSR count). The van der Waals surface area contributed by atoms with E-state index in [0.717, 1.165) is 32.0 Å². The van der Waals surface area contributed by atoms with Crippen LogP contribution in [0.1, 0.15) is 44.2 Å². The van der Waals surface area contributed by atoms with E-state index in [1.54, 1.807) is 0 Å². The Morgan fingerprint density at radius 3 is 2.67 bits per heavy atom. The highest BCUT2D eigenvalue weighted by Gasteiger charge is 2.25. The predicted molar refractivity (Wildman–Crippen MR) is 79.5 cm³/mol. The minimum Gasteiger partial charge on any atom is -0.348 e. The highest BCUT2D eigenvalue weighted by atomic mass is 32.1. The van der Waals surface area contributed by atoms with Gasteiger partial charge in [0.25, 0.3) is 0 Å². The minimum absolute atomic E-state index is 0.927. The molecule has 1 aliphatic carbocycles. The van der Waals surface area contributed by atoms with Gasteiger partial charge in [0.15, 0.2) is 5.13 Å². The average molecular weight is 267 g/mol. The van der Waals surface area contributed by atoms with E-state index in [1.165, 1.54) is 35.1 Å². The Morgan fingerprint density at radius 2 is 2.11 bits per heavy atom. The molecule has 102 valence electrons. The maximum atomic E-state index is 4.84. The standard InChI is InChI=1S/C14H25N3S/c1-4-12-13(9-15-5-2)18-14(16-12)17(6-3)10-11-7-8-11/h11,15H,4-10H2,1-3H3. The van der Waals surface area contributed by atoms with Gasteiger partial charge in [-0.05, 0) is 38.6 Å². The molecule has 1 saturated carbocycles. The predicted octanol–water partition coefficient (Wildman–Crippen LogP) is 3.05. The molecule has 0 aliphatic heterocycles. The maximum Gasteiger partial charge on any atom is 0.185 e. The van der Waals surface area contributed by atoms with Crippen LogP contribution in [-0.4, -0.2) is 24.6 Å². The second kappa shape index (κ2) is 6.53. The first-order chi connectivity index (χ1) is 8.78. The highest BCUT2D eigenvalue weighted by Crippen LogP contribution is 2.33. The van der Waals surface area contributed by atoms with Crippen LogP contribution in [0.2, 0.25) is 0 Å². The van der Waals surface area contributed by atoms with E-state index in [9.17, 15) is 0 Å². The Labute approximate surface area is 115 Å². The van der Waals surface area contributed by atoms with E-state index in [4.69, 9.17) is 4.98 Å². The molecule has 1 aromatic rings. The van der Waals surface area contributed by atoms with E-state index in [0.29, 0.717) is 0 Å². The van der Waals surface area contributed by atoms with E-state index in [-0.39, 0.29) is 0 Å². The first kappa shape index (κ1) is 13.8. The van der Waals surface area contributed by atoms with Crippen LogP contribution in [-0.2, 0) is 13.0 Å². The van der Waals surface area contributed by atoms with Crippen LogP contribution in [0, 0.1) is 5.92 Å². The number of anilines is 1. The third kappa shape index (κ3) is 3.45. The smallest absolute Gasteiger partial charge is 0.185 e. The number of nitrogens with one attached hydrogen (secondary N) is 1. The summed E-state index contributed by atoms with van der Waals surface area (Å²) in [6.07, 6.45) is 3.86. The Balaban J connectivity index is 2.07. The summed E-state index contributed by atoms with van der Waals surface area (Å²) in [5.41, 5.74) is 1.28. The normalized spacial score (nSPS) is 15.1. The number of thiazole rings is 1. The van der Waals surface area contributed by atoms with Crippen LogP contribution in [0.25, 0.3) is 0 Å². The summed E-state index contributed by atoms with van der Waals surface area (Å²) in [6.45, 7) is 10.9. The van der Waals surface area contributed by atoms with Gasteiger partial charge in [-0.2, -0.15) is 0 Å². The van der Waals surface area contributed by atoms with Crippen molar-refractivity contribution in [3.63, 3.8) is 0 Å². The third-order valence-corrected chi connectivity index (χ3v) is 4.62. The van der Waals surface area contributed by atoms with Crippen LogP contribution >= 0.6 is 11.3 Å². The van der Waals surface area contributed by atoms with Gasteiger partial charge in [0, 0.05) is 24.5 Å². The molecule has 18 heavy (non-hydrogen) atoms. The van der Waals surface area contributed by atoms with Crippen LogP contribution in [0.3, 0.4) is 0 Å². The Kier molecular flexibility index (Phi) is 5.01. The first-order valence-electron chi connectivity index (χ1n) is 7.22. The molecule has 3 nitrogen and oxygen atoms in total. The maximum absolute atomic E-state index is 4.84. The summed E-state index contributed by atoms with van der Waals surface area (Å²) in [5.74, 6) is 0.927. The van der Waals surface area contributed by atoms with E-state index < -0.39 is 0 Å². The van der Waals surface area contributed by atoms with Gasteiger partial charge in [-0.15, -0.1) is 11.3 Å². The molecule has 1 aromatic heterocycles. The second-order valence-electron chi connectivity index (χ2n) is 4.98. The van der Waals surface area contributed by atoms with Crippen molar-refractivity contribution in [2.75, 3.05) is 24.5 Å². The van der Waals surface area contributed by atoms with Gasteiger partial charge in [-0.25, -0.2) is 4.98 Å². The lowest BCUT2D eigenvalue weighted by molar-refractivity contribution is 0.725. The van der Waals surface area contributed by atoms with Gasteiger partial charge < -0.3 is 10.2 Å². The summed E-state index contributed by atoms with van der Waals surface area (Å²) in [5, 5.41) is 4.65. The van der Waals surface area contributed by atoms with E-state index >= 15 is 0 Å². The van der Waals surface area contributed by atoms with Crippen molar-refractivity contribution in [2.45, 2.75) is 46.6 Å². The molecule has 0 radical (unpaired) electrons. The summed E-state index contributed by atoms with van der Waals surface area (Å²) < 4.78 is 0. The number of hydrogen-bond donors (Lipinski definition) is 1. The summed E-state index contributed by atoms with van der Waals surface area (Å²) in [6, 6.07) is 0. The van der Waals surface area contributed by atoms with Crippen molar-refractivity contribution in [2.24, 2.45) is 5.92 Å². The lowest BCUT2D eigenvalue weighted by Gasteiger charge is -2.19. The van der Waals surface area contributed by atoms with Crippen molar-refractivity contribution < 1.29 is 0 Å². The average Bonchev–Trinajstić information content (AvgIpc) is 3.12. The molecular weight excluding hydrogens is 242 g/mol. The van der Waals surface area contributed by atoms with Crippen LogP contribution < -0.4 is 10.2 Å². The van der Waals surface area contributed by atoms with Crippen molar-refractivity contribution in [1.82, 2.24) is 10.3 Å². The SMILES string of the molecule is CCNCc1sc(N(CC)CC2CC2)nc1CC. The Hall–Kier alpha value is -0.610. The topological polar surface area (TPSA) is 28.2 Å². The molecule has 0 bridgehead atoms. The van der Waals surface area contributed by atoms with Gasteiger partial charge in [-0.3, -0.25) is 0 Å². The van der Waals surface area contributed by atoms with Gasteiger partial charge in [0.05, 0.1) is 5.69 Å². The number of aromatic nitrogens is 1. The largest absolute Gasteiger partial charge is 0.348 e. The minimum atomic E-state index is 0.927. The molecule has 1 heterocycles. The molecule has 1 fully saturated rings. The summed E-state index contributed by atoms with van der Waals surface area (Å²) in [7, 11) is 0. The lowest BCUT2D eigenvalue weighted by Crippen LogP contribution is -2.24. The molecule has 0 unspecified atom stereocenters. The first-order valence-corrected chi connectivity index (χ1v) is 8.04. The van der Waals surface area contributed by atoms with Crippen LogP contribution in [0.4, 0.5) is 5.13 Å². The molecule has 0 spiro atoms. The number of hydrogen-bond acceptors (Lipinski definition) is 4. The quantitative estimate of drug-likeness (QED) is 0.784. The summed E-state index contributed by atoms with van der Waals surface area (Å²) in [4.78, 5) is 8.71. The molecule has 4 heteroatoms. The van der Waals surface area contributed by atoms with Gasteiger partial charge >= 0.3 is 0 Å². The molecule has 1 N–H and O–H groups in total. The van der Waals surface area contributed by atoms with Gasteiger partial charge in [-0.1, -0.05) is 13.8 Å². The zero-order chi connectivity index (χ0) is 13.0. The zero-order valence-corrected chi connectivity index (χ0v) is 12.6. The second-order valence-corrected chi connectivity index (χ2v) is 6.04. The number of nitrogens with zero attached hydrogens (tertiary/aromatic N) is 2. The van der Waals surface area contributed by atoms with E-state index in [1.807, 2.05) is 11.3 Å². The molecular formula is C14H25N3S. The molecule has 1 aliphatic rings. The van der Waals surface area contributed by atoms with Crippen molar-refractivity contribution in [3.8, 4) is 0 Å². The zero-order valence-electron chi connectivity index (χ0n) is 11.8.